The van der Waals surface area contributed by atoms with Crippen LogP contribution >= 0.6 is 0 Å². The van der Waals surface area contributed by atoms with E-state index in [9.17, 15) is 23.3 Å². The average molecular weight is 283 g/mol. The van der Waals surface area contributed by atoms with Gasteiger partial charge >= 0.3 is 5.69 Å². The van der Waals surface area contributed by atoms with Crippen molar-refractivity contribution in [2.75, 3.05) is 0 Å². The number of nitro benzene ring substituents is 1. The Labute approximate surface area is 111 Å². The average Bonchev–Trinajstić information content (AvgIpc) is 2.37. The molecule has 7 heteroatoms. The highest BCUT2D eigenvalue weighted by molar-refractivity contribution is 5.35. The van der Waals surface area contributed by atoms with E-state index in [4.69, 9.17) is 4.74 Å². The molecule has 4 nitrogen and oxygen atoms in total. The van der Waals surface area contributed by atoms with Crippen LogP contribution in [0.2, 0.25) is 0 Å². The van der Waals surface area contributed by atoms with Gasteiger partial charge in [-0.3, -0.25) is 10.1 Å². The Morgan fingerprint density at radius 3 is 2.25 bits per heavy atom. The predicted octanol–water partition coefficient (Wildman–Crippen LogP) is 3.59. The van der Waals surface area contributed by atoms with Crippen LogP contribution in [0.5, 0.6) is 5.75 Å². The van der Waals surface area contributed by atoms with Gasteiger partial charge in [0.25, 0.3) is 0 Å². The van der Waals surface area contributed by atoms with Gasteiger partial charge in [0.1, 0.15) is 6.61 Å². The standard InChI is InChI=1S/C13H8F3NO3/c14-9-2-1-3-10(15)13(9)20-7-8-4-5-12(17(18)19)11(16)6-8/h1-6H,7H2. The van der Waals surface area contributed by atoms with Gasteiger partial charge in [0.15, 0.2) is 17.4 Å². The van der Waals surface area contributed by atoms with Gasteiger partial charge in [-0.25, -0.2) is 8.78 Å². The lowest BCUT2D eigenvalue weighted by Crippen LogP contribution is -2.01. The zero-order valence-electron chi connectivity index (χ0n) is 9.98. The molecule has 2 aromatic carbocycles. The van der Waals surface area contributed by atoms with Gasteiger partial charge < -0.3 is 4.74 Å². The first-order valence-electron chi connectivity index (χ1n) is 5.48. The molecule has 0 saturated heterocycles. The fourth-order valence-electron chi connectivity index (χ4n) is 1.56. The largest absolute Gasteiger partial charge is 0.483 e. The number of benzene rings is 2. The molecule has 2 aromatic rings. The zero-order valence-corrected chi connectivity index (χ0v) is 9.98. The third kappa shape index (κ3) is 2.87. The van der Waals surface area contributed by atoms with Crippen LogP contribution in [0.1, 0.15) is 5.56 Å². The molecule has 0 heterocycles. The molecular formula is C13H8F3NO3. The SMILES string of the molecule is O=[N+]([O-])c1ccc(COc2c(F)cccc2F)cc1F. The minimum Gasteiger partial charge on any atom is -0.483 e. The maximum atomic E-state index is 13.3. The second kappa shape index (κ2) is 5.60. The third-order valence-electron chi connectivity index (χ3n) is 2.51. The number of para-hydroxylation sites is 1. The Hall–Kier alpha value is -2.57. The first kappa shape index (κ1) is 13.9. The Kier molecular flexibility index (Phi) is 3.88. The molecule has 0 radical (unpaired) electrons. The molecule has 0 atom stereocenters. The van der Waals surface area contributed by atoms with E-state index in [0.717, 1.165) is 24.3 Å². The van der Waals surface area contributed by atoms with Crippen LogP contribution in [-0.4, -0.2) is 4.92 Å². The maximum absolute atomic E-state index is 13.3. The molecule has 0 N–H and O–H groups in total. The van der Waals surface area contributed by atoms with Crippen molar-refractivity contribution in [1.82, 2.24) is 0 Å². The molecule has 2 rings (SSSR count). The van der Waals surface area contributed by atoms with Gasteiger partial charge in [0.2, 0.25) is 5.82 Å². The molecule has 0 aliphatic heterocycles. The van der Waals surface area contributed by atoms with E-state index < -0.39 is 33.8 Å². The highest BCUT2D eigenvalue weighted by Crippen LogP contribution is 2.23. The molecule has 0 aliphatic carbocycles. The van der Waals surface area contributed by atoms with Gasteiger partial charge in [-0.05, 0) is 29.8 Å². The van der Waals surface area contributed by atoms with Crippen molar-refractivity contribution in [3.05, 3.63) is 69.5 Å². The molecule has 0 amide bonds. The van der Waals surface area contributed by atoms with Gasteiger partial charge in [0, 0.05) is 6.07 Å². The second-order valence-electron chi connectivity index (χ2n) is 3.88. The van der Waals surface area contributed by atoms with Crippen molar-refractivity contribution < 1.29 is 22.8 Å². The van der Waals surface area contributed by atoms with Crippen molar-refractivity contribution in [2.45, 2.75) is 6.61 Å². The monoisotopic (exact) mass is 283 g/mol. The number of rotatable bonds is 4. The fourth-order valence-corrected chi connectivity index (χ4v) is 1.56. The molecular weight excluding hydrogens is 275 g/mol. The summed E-state index contributed by atoms with van der Waals surface area (Å²) >= 11 is 0. The Balaban J connectivity index is 2.16. The second-order valence-corrected chi connectivity index (χ2v) is 3.88. The first-order valence-corrected chi connectivity index (χ1v) is 5.48. The quantitative estimate of drug-likeness (QED) is 0.636. The Morgan fingerprint density at radius 2 is 1.70 bits per heavy atom. The van der Waals surface area contributed by atoms with Crippen LogP contribution < -0.4 is 4.74 Å². The lowest BCUT2D eigenvalue weighted by Gasteiger charge is -2.08. The van der Waals surface area contributed by atoms with Crippen molar-refractivity contribution in [3.8, 4) is 5.75 Å². The molecule has 0 aliphatic rings. The van der Waals surface area contributed by atoms with Gasteiger partial charge in [-0.15, -0.1) is 0 Å². The predicted molar refractivity (Wildman–Crippen MR) is 63.7 cm³/mol. The minimum atomic E-state index is -1.04. The summed E-state index contributed by atoms with van der Waals surface area (Å²) < 4.78 is 44.8. The topological polar surface area (TPSA) is 52.4 Å². The number of ether oxygens (including phenoxy) is 1. The van der Waals surface area contributed by atoms with Crippen molar-refractivity contribution in [3.63, 3.8) is 0 Å². The van der Waals surface area contributed by atoms with E-state index in [1.165, 1.54) is 12.1 Å². The number of halogens is 3. The zero-order chi connectivity index (χ0) is 14.7. The van der Waals surface area contributed by atoms with Gasteiger partial charge in [-0.2, -0.15) is 4.39 Å². The number of hydrogen-bond donors (Lipinski definition) is 0. The maximum Gasteiger partial charge on any atom is 0.304 e. The molecule has 20 heavy (non-hydrogen) atoms. The molecule has 0 bridgehead atoms. The van der Waals surface area contributed by atoms with Crippen molar-refractivity contribution >= 4 is 5.69 Å². The molecule has 0 spiro atoms. The number of nitro groups is 1. The molecule has 0 unspecified atom stereocenters. The molecule has 0 aromatic heterocycles. The van der Waals surface area contributed by atoms with Crippen LogP contribution in [-0.2, 0) is 6.61 Å². The van der Waals surface area contributed by atoms with E-state index in [1.807, 2.05) is 0 Å². The highest BCUT2D eigenvalue weighted by Gasteiger charge is 2.15. The summed E-state index contributed by atoms with van der Waals surface area (Å²) in [5.74, 6) is -3.38. The summed E-state index contributed by atoms with van der Waals surface area (Å²) in [5, 5.41) is 10.4. The summed E-state index contributed by atoms with van der Waals surface area (Å²) in [5.41, 5.74) is -0.457. The molecule has 104 valence electrons. The number of hydrogen-bond acceptors (Lipinski definition) is 3. The summed E-state index contributed by atoms with van der Waals surface area (Å²) in [7, 11) is 0. The van der Waals surface area contributed by atoms with Gasteiger partial charge in [-0.1, -0.05) is 6.07 Å². The van der Waals surface area contributed by atoms with Crippen LogP contribution in [0.3, 0.4) is 0 Å². The van der Waals surface area contributed by atoms with E-state index in [1.54, 1.807) is 0 Å². The van der Waals surface area contributed by atoms with Crippen LogP contribution in [0.25, 0.3) is 0 Å². The van der Waals surface area contributed by atoms with E-state index >= 15 is 0 Å². The van der Waals surface area contributed by atoms with Crippen LogP contribution in [0.15, 0.2) is 36.4 Å². The Morgan fingerprint density at radius 1 is 1.05 bits per heavy atom. The Bertz CT molecular complexity index is 641. The third-order valence-corrected chi connectivity index (χ3v) is 2.51. The first-order chi connectivity index (χ1) is 9.49. The summed E-state index contributed by atoms with van der Waals surface area (Å²) in [4.78, 5) is 9.57. The van der Waals surface area contributed by atoms with Crippen molar-refractivity contribution in [2.24, 2.45) is 0 Å². The van der Waals surface area contributed by atoms with Crippen molar-refractivity contribution in [1.29, 1.82) is 0 Å². The molecule has 0 fully saturated rings. The highest BCUT2D eigenvalue weighted by atomic mass is 19.1. The van der Waals surface area contributed by atoms with E-state index in [0.29, 0.717) is 0 Å². The smallest absolute Gasteiger partial charge is 0.304 e. The minimum absolute atomic E-state index is 0.218. The summed E-state index contributed by atoms with van der Waals surface area (Å²) in [6, 6.07) is 6.33. The normalized spacial score (nSPS) is 10.3. The van der Waals surface area contributed by atoms with Crippen LogP contribution in [0, 0.1) is 27.6 Å². The number of nitrogens with zero attached hydrogens (tertiary/aromatic N) is 1. The van der Waals surface area contributed by atoms with Gasteiger partial charge in [0.05, 0.1) is 4.92 Å². The van der Waals surface area contributed by atoms with E-state index in [-0.39, 0.29) is 12.2 Å². The summed E-state index contributed by atoms with van der Waals surface area (Å²) in [6.07, 6.45) is 0. The molecule has 0 saturated carbocycles. The lowest BCUT2D eigenvalue weighted by atomic mass is 10.2. The fraction of sp³-hybridized carbons (Fsp3) is 0.0769. The lowest BCUT2D eigenvalue weighted by molar-refractivity contribution is -0.387. The van der Waals surface area contributed by atoms with E-state index in [2.05, 4.69) is 0 Å². The van der Waals surface area contributed by atoms with Crippen LogP contribution in [0.4, 0.5) is 18.9 Å². The summed E-state index contributed by atoms with van der Waals surface area (Å²) in [6.45, 7) is -0.313.